The lowest BCUT2D eigenvalue weighted by molar-refractivity contribution is -0.142. The first-order valence-corrected chi connectivity index (χ1v) is 11.5. The Balaban J connectivity index is 1.29. The molecule has 1 unspecified atom stereocenters. The zero-order valence-corrected chi connectivity index (χ0v) is 18.9. The quantitative estimate of drug-likeness (QED) is 0.634. The molecule has 0 aromatic heterocycles. The summed E-state index contributed by atoms with van der Waals surface area (Å²) in [6.45, 7) is 3.36. The molecule has 0 bridgehead atoms. The lowest BCUT2D eigenvalue weighted by Gasteiger charge is -2.38. The van der Waals surface area contributed by atoms with Crippen LogP contribution in [0.2, 0.25) is 0 Å². The van der Waals surface area contributed by atoms with Crippen molar-refractivity contribution in [2.75, 3.05) is 43.1 Å². The number of ether oxygens (including phenoxy) is 2. The van der Waals surface area contributed by atoms with E-state index in [9.17, 15) is 9.59 Å². The van der Waals surface area contributed by atoms with E-state index in [1.165, 1.54) is 0 Å². The maximum Gasteiger partial charge on any atom is 0.265 e. The fourth-order valence-corrected chi connectivity index (χ4v) is 4.28. The lowest BCUT2D eigenvalue weighted by Crippen LogP contribution is -2.52. The molecule has 1 saturated heterocycles. The average molecular weight is 458 g/mol. The summed E-state index contributed by atoms with van der Waals surface area (Å²) in [5.41, 5.74) is 3.36. The number of benzene rings is 3. The maximum absolute atomic E-state index is 13.1. The molecule has 0 spiro atoms. The molecule has 174 valence electrons. The predicted molar refractivity (Wildman–Crippen MR) is 130 cm³/mol. The Labute approximate surface area is 198 Å². The minimum atomic E-state index is -0.566. The van der Waals surface area contributed by atoms with Gasteiger partial charge in [0.15, 0.2) is 6.10 Å². The van der Waals surface area contributed by atoms with Crippen LogP contribution in [0.3, 0.4) is 0 Å². The van der Waals surface area contributed by atoms with E-state index in [4.69, 9.17) is 9.47 Å². The Morgan fingerprint density at radius 3 is 2.35 bits per heavy atom. The largest absolute Gasteiger partial charge is 0.477 e. The Morgan fingerprint density at radius 2 is 1.59 bits per heavy atom. The number of carbonyl (C=O) groups excluding carboxylic acids is 2. The number of amides is 2. The Bertz CT molecular complexity index is 1140. The number of nitrogens with zero attached hydrogens (tertiary/aromatic N) is 2. The van der Waals surface area contributed by atoms with Gasteiger partial charge in [-0.15, -0.1) is 0 Å². The standard InChI is InChI=1S/C27H27N3O4/c31-26(28-22-6-2-1-3-7-22)21-12-10-20(11-13-21)18-30-19-25(27(32)29-14-16-33-17-15-29)34-24-9-5-4-8-23(24)30/h1-13,25H,14-19H2,(H,28,31). The Kier molecular flexibility index (Phi) is 6.44. The third-order valence-corrected chi connectivity index (χ3v) is 6.08. The number of nitrogens with one attached hydrogen (secondary N) is 1. The molecule has 5 rings (SSSR count). The van der Waals surface area contributed by atoms with Crippen molar-refractivity contribution in [3.63, 3.8) is 0 Å². The molecule has 1 atom stereocenters. The highest BCUT2D eigenvalue weighted by atomic mass is 16.5. The van der Waals surface area contributed by atoms with Gasteiger partial charge < -0.3 is 24.6 Å². The highest BCUT2D eigenvalue weighted by molar-refractivity contribution is 6.04. The first kappa shape index (κ1) is 22.0. The van der Waals surface area contributed by atoms with Crippen LogP contribution < -0.4 is 15.0 Å². The molecule has 7 nitrogen and oxygen atoms in total. The number of anilines is 2. The van der Waals surface area contributed by atoms with Gasteiger partial charge in [-0.2, -0.15) is 0 Å². The SMILES string of the molecule is O=C(Nc1ccccc1)c1ccc(CN2CC(C(=O)N3CCOCC3)Oc3ccccc32)cc1. The van der Waals surface area contributed by atoms with Gasteiger partial charge in [0.1, 0.15) is 5.75 Å². The number of morpholine rings is 1. The summed E-state index contributed by atoms with van der Waals surface area (Å²) in [5, 5.41) is 2.90. The normalized spacial score (nSPS) is 17.5. The van der Waals surface area contributed by atoms with Gasteiger partial charge in [0.05, 0.1) is 25.4 Å². The average Bonchev–Trinajstić information content (AvgIpc) is 2.89. The summed E-state index contributed by atoms with van der Waals surface area (Å²) in [5.74, 6) is 0.556. The second kappa shape index (κ2) is 9.97. The van der Waals surface area contributed by atoms with Gasteiger partial charge in [-0.05, 0) is 42.0 Å². The second-order valence-electron chi connectivity index (χ2n) is 8.41. The van der Waals surface area contributed by atoms with Gasteiger partial charge in [-0.1, -0.05) is 42.5 Å². The number of hydrogen-bond donors (Lipinski definition) is 1. The van der Waals surface area contributed by atoms with Crippen molar-refractivity contribution in [2.24, 2.45) is 0 Å². The maximum atomic E-state index is 13.1. The van der Waals surface area contributed by atoms with Gasteiger partial charge in [-0.25, -0.2) is 0 Å². The van der Waals surface area contributed by atoms with Gasteiger partial charge in [0.25, 0.3) is 11.8 Å². The molecule has 1 fully saturated rings. The third-order valence-electron chi connectivity index (χ3n) is 6.08. The number of para-hydroxylation sites is 3. The zero-order valence-electron chi connectivity index (χ0n) is 18.9. The van der Waals surface area contributed by atoms with E-state index in [0.29, 0.717) is 50.7 Å². The van der Waals surface area contributed by atoms with Crippen molar-refractivity contribution in [3.8, 4) is 5.75 Å². The minimum absolute atomic E-state index is 0.00395. The summed E-state index contributed by atoms with van der Waals surface area (Å²) >= 11 is 0. The van der Waals surface area contributed by atoms with E-state index < -0.39 is 6.10 Å². The molecule has 2 amide bonds. The molecular formula is C27H27N3O4. The highest BCUT2D eigenvalue weighted by Crippen LogP contribution is 2.34. The van der Waals surface area contributed by atoms with Crippen molar-refractivity contribution in [3.05, 3.63) is 90.0 Å². The topological polar surface area (TPSA) is 71.1 Å². The zero-order chi connectivity index (χ0) is 23.3. The number of fused-ring (bicyclic) bond motifs is 1. The molecule has 2 aliphatic heterocycles. The Morgan fingerprint density at radius 1 is 0.882 bits per heavy atom. The fourth-order valence-electron chi connectivity index (χ4n) is 4.28. The van der Waals surface area contributed by atoms with Crippen LogP contribution in [0.5, 0.6) is 5.75 Å². The first-order valence-electron chi connectivity index (χ1n) is 11.5. The van der Waals surface area contributed by atoms with Crippen molar-refractivity contribution >= 4 is 23.2 Å². The smallest absolute Gasteiger partial charge is 0.265 e. The highest BCUT2D eigenvalue weighted by Gasteiger charge is 2.34. The van der Waals surface area contributed by atoms with Crippen molar-refractivity contribution in [1.29, 1.82) is 0 Å². The molecule has 2 heterocycles. The van der Waals surface area contributed by atoms with Crippen LogP contribution in [0.25, 0.3) is 0 Å². The summed E-state index contributed by atoms with van der Waals surface area (Å²) in [6, 6.07) is 24.8. The molecule has 0 aliphatic carbocycles. The molecular weight excluding hydrogens is 430 g/mol. The monoisotopic (exact) mass is 457 g/mol. The lowest BCUT2D eigenvalue weighted by atomic mass is 10.1. The molecule has 7 heteroatoms. The van der Waals surface area contributed by atoms with E-state index in [-0.39, 0.29) is 11.8 Å². The van der Waals surface area contributed by atoms with Crippen molar-refractivity contribution < 1.29 is 19.1 Å². The van der Waals surface area contributed by atoms with Crippen LogP contribution in [0.4, 0.5) is 11.4 Å². The molecule has 2 aliphatic rings. The van der Waals surface area contributed by atoms with Crippen molar-refractivity contribution in [2.45, 2.75) is 12.6 Å². The van der Waals surface area contributed by atoms with Gasteiger partial charge in [-0.3, -0.25) is 9.59 Å². The summed E-state index contributed by atoms with van der Waals surface area (Å²) < 4.78 is 11.5. The molecule has 34 heavy (non-hydrogen) atoms. The van der Waals surface area contributed by atoms with E-state index in [1.807, 2.05) is 83.8 Å². The molecule has 0 radical (unpaired) electrons. The Hall–Kier alpha value is -3.84. The van der Waals surface area contributed by atoms with E-state index in [0.717, 1.165) is 16.9 Å². The fraction of sp³-hybridized carbons (Fsp3) is 0.259. The predicted octanol–water partition coefficient (Wildman–Crippen LogP) is 3.57. The van der Waals surface area contributed by atoms with Crippen LogP contribution >= 0.6 is 0 Å². The van der Waals surface area contributed by atoms with Crippen LogP contribution in [0, 0.1) is 0 Å². The van der Waals surface area contributed by atoms with Crippen LogP contribution in [0.1, 0.15) is 15.9 Å². The summed E-state index contributed by atoms with van der Waals surface area (Å²) in [6.07, 6.45) is -0.566. The second-order valence-corrected chi connectivity index (χ2v) is 8.41. The van der Waals surface area contributed by atoms with E-state index >= 15 is 0 Å². The van der Waals surface area contributed by atoms with Crippen LogP contribution in [-0.2, 0) is 16.1 Å². The third kappa shape index (κ3) is 4.89. The molecule has 3 aromatic rings. The van der Waals surface area contributed by atoms with Crippen molar-refractivity contribution in [1.82, 2.24) is 4.90 Å². The number of carbonyl (C=O) groups is 2. The van der Waals surface area contributed by atoms with E-state index in [1.54, 1.807) is 0 Å². The molecule has 3 aromatic carbocycles. The van der Waals surface area contributed by atoms with Gasteiger partial charge in [0, 0.05) is 30.9 Å². The summed E-state index contributed by atoms with van der Waals surface area (Å²) in [7, 11) is 0. The molecule has 0 saturated carbocycles. The van der Waals surface area contributed by atoms with Crippen LogP contribution in [0.15, 0.2) is 78.9 Å². The van der Waals surface area contributed by atoms with Gasteiger partial charge in [0.2, 0.25) is 0 Å². The van der Waals surface area contributed by atoms with Crippen LogP contribution in [-0.4, -0.2) is 55.7 Å². The molecule has 1 N–H and O–H groups in total. The summed E-state index contributed by atoms with van der Waals surface area (Å²) in [4.78, 5) is 29.7. The van der Waals surface area contributed by atoms with E-state index in [2.05, 4.69) is 10.2 Å². The number of rotatable bonds is 5. The first-order chi connectivity index (χ1) is 16.7. The number of hydrogen-bond acceptors (Lipinski definition) is 5. The van der Waals surface area contributed by atoms with Gasteiger partial charge >= 0.3 is 0 Å². The minimum Gasteiger partial charge on any atom is -0.477 e.